The Balaban J connectivity index is 0.910. The van der Waals surface area contributed by atoms with E-state index in [0.29, 0.717) is 5.82 Å². The molecule has 0 saturated heterocycles. The SMILES string of the molecule is c1ccc(-c2nc(-c3ccccc3)c3cc(-n4c5ccccc5c5cc(-c6cccc7oc8ccc(-c9ccc%10c(c9)c9ccccc9n%10-c9ccccc9)cc8c67)ccc54)ccc3n2)cc1. The molecule has 14 aromatic rings. The van der Waals surface area contributed by atoms with Gasteiger partial charge in [-0.15, -0.1) is 0 Å². The minimum absolute atomic E-state index is 0.714. The highest BCUT2D eigenvalue weighted by molar-refractivity contribution is 6.16. The van der Waals surface area contributed by atoms with Crippen molar-refractivity contribution in [3.63, 3.8) is 0 Å². The standard InChI is InChI=1S/C62H38N4O/c1-4-15-39(16-5-1)61-51-38-45(30-31-53(51)63-62(64-61)40-17-6-2-7-18-40)66-55-25-13-11-22-48(55)50-37-43(28-33-57(50)66)46-23-14-26-59-60(46)52-36-42(29-34-58(52)67-59)41-27-32-56-49(35-41)47-21-10-12-24-54(47)65(56)44-19-8-3-9-20-44/h1-38H. The Morgan fingerprint density at radius 2 is 0.881 bits per heavy atom. The molecule has 0 saturated carbocycles. The lowest BCUT2D eigenvalue weighted by Crippen LogP contribution is -1.98. The summed E-state index contributed by atoms with van der Waals surface area (Å²) >= 11 is 0. The summed E-state index contributed by atoms with van der Waals surface area (Å²) in [6.07, 6.45) is 0. The van der Waals surface area contributed by atoms with Crippen LogP contribution in [0.25, 0.3) is 133 Å². The molecule has 0 atom stereocenters. The third-order valence-electron chi connectivity index (χ3n) is 13.5. The summed E-state index contributed by atoms with van der Waals surface area (Å²) in [4.78, 5) is 10.3. The van der Waals surface area contributed by atoms with Gasteiger partial charge >= 0.3 is 0 Å². The first-order valence-electron chi connectivity index (χ1n) is 22.7. The molecule has 4 aromatic heterocycles. The number of para-hydroxylation sites is 3. The Hall–Kier alpha value is -9.06. The van der Waals surface area contributed by atoms with Crippen LogP contribution in [0.5, 0.6) is 0 Å². The normalized spacial score (nSPS) is 11.9. The van der Waals surface area contributed by atoms with E-state index < -0.39 is 0 Å². The summed E-state index contributed by atoms with van der Waals surface area (Å²) in [6.45, 7) is 0. The second-order valence-corrected chi connectivity index (χ2v) is 17.3. The molecule has 0 radical (unpaired) electrons. The van der Waals surface area contributed by atoms with Crippen molar-refractivity contribution in [3.8, 4) is 56.3 Å². The maximum atomic E-state index is 6.60. The lowest BCUT2D eigenvalue weighted by atomic mass is 9.96. The molecule has 4 heterocycles. The summed E-state index contributed by atoms with van der Waals surface area (Å²) < 4.78 is 11.3. The predicted octanol–water partition coefficient (Wildman–Crippen LogP) is 16.4. The molecule has 67 heavy (non-hydrogen) atoms. The summed E-state index contributed by atoms with van der Waals surface area (Å²) in [5.74, 6) is 0.714. The number of nitrogens with zero attached hydrogens (tertiary/aromatic N) is 4. The fourth-order valence-electron chi connectivity index (χ4n) is 10.5. The van der Waals surface area contributed by atoms with Gasteiger partial charge in [-0.1, -0.05) is 146 Å². The van der Waals surface area contributed by atoms with Gasteiger partial charge in [-0.3, -0.25) is 0 Å². The van der Waals surface area contributed by atoms with E-state index in [1.54, 1.807) is 0 Å². The Morgan fingerprint density at radius 3 is 1.60 bits per heavy atom. The summed E-state index contributed by atoms with van der Waals surface area (Å²) in [6, 6.07) is 82.1. The molecule has 0 fully saturated rings. The maximum absolute atomic E-state index is 6.60. The van der Waals surface area contributed by atoms with Gasteiger partial charge in [0.25, 0.3) is 0 Å². The van der Waals surface area contributed by atoms with Crippen LogP contribution in [-0.2, 0) is 0 Å². The lowest BCUT2D eigenvalue weighted by molar-refractivity contribution is 0.669. The average molecular weight is 855 g/mol. The van der Waals surface area contributed by atoms with E-state index in [4.69, 9.17) is 14.4 Å². The number of hydrogen-bond donors (Lipinski definition) is 0. The molecule has 0 aliphatic rings. The van der Waals surface area contributed by atoms with Gasteiger partial charge in [0.05, 0.1) is 33.3 Å². The van der Waals surface area contributed by atoms with Crippen molar-refractivity contribution < 1.29 is 4.42 Å². The molecule has 0 spiro atoms. The molecule has 10 aromatic carbocycles. The zero-order valence-corrected chi connectivity index (χ0v) is 36.1. The first-order chi connectivity index (χ1) is 33.2. The van der Waals surface area contributed by atoms with Crippen LogP contribution >= 0.6 is 0 Å². The van der Waals surface area contributed by atoms with Gasteiger partial charge in [0, 0.05) is 60.2 Å². The molecular weight excluding hydrogens is 817 g/mol. The molecule has 5 nitrogen and oxygen atoms in total. The van der Waals surface area contributed by atoms with E-state index in [2.05, 4.69) is 215 Å². The van der Waals surface area contributed by atoms with E-state index in [9.17, 15) is 0 Å². The van der Waals surface area contributed by atoms with Gasteiger partial charge in [-0.2, -0.15) is 0 Å². The monoisotopic (exact) mass is 854 g/mol. The van der Waals surface area contributed by atoms with Crippen molar-refractivity contribution in [2.75, 3.05) is 0 Å². The van der Waals surface area contributed by atoms with Crippen molar-refractivity contribution in [3.05, 3.63) is 231 Å². The van der Waals surface area contributed by atoms with Crippen LogP contribution < -0.4 is 0 Å². The van der Waals surface area contributed by atoms with Gasteiger partial charge in [-0.25, -0.2) is 9.97 Å². The van der Waals surface area contributed by atoms with Crippen molar-refractivity contribution in [2.24, 2.45) is 0 Å². The summed E-state index contributed by atoms with van der Waals surface area (Å²) in [7, 11) is 0. The largest absolute Gasteiger partial charge is 0.456 e. The minimum Gasteiger partial charge on any atom is -0.456 e. The van der Waals surface area contributed by atoms with Crippen molar-refractivity contribution >= 4 is 76.5 Å². The highest BCUT2D eigenvalue weighted by atomic mass is 16.3. The van der Waals surface area contributed by atoms with Gasteiger partial charge in [0.2, 0.25) is 0 Å². The average Bonchev–Trinajstić information content (AvgIpc) is 4.06. The molecule has 0 unspecified atom stereocenters. The number of hydrogen-bond acceptors (Lipinski definition) is 3. The van der Waals surface area contributed by atoms with Crippen LogP contribution in [0.4, 0.5) is 0 Å². The van der Waals surface area contributed by atoms with Crippen LogP contribution in [0.15, 0.2) is 235 Å². The van der Waals surface area contributed by atoms with Gasteiger partial charge < -0.3 is 13.6 Å². The van der Waals surface area contributed by atoms with Crippen LogP contribution in [0.3, 0.4) is 0 Å². The number of rotatable bonds is 6. The maximum Gasteiger partial charge on any atom is 0.160 e. The number of furan rings is 1. The van der Waals surface area contributed by atoms with Crippen molar-refractivity contribution in [1.82, 2.24) is 19.1 Å². The second-order valence-electron chi connectivity index (χ2n) is 17.3. The Kier molecular flexibility index (Phi) is 8.21. The summed E-state index contributed by atoms with van der Waals surface area (Å²) in [5, 5.41) is 8.05. The Morgan fingerprint density at radius 1 is 0.313 bits per heavy atom. The highest BCUT2D eigenvalue weighted by Gasteiger charge is 2.20. The molecule has 0 aliphatic carbocycles. The Labute approximate surface area is 385 Å². The predicted molar refractivity (Wildman–Crippen MR) is 277 cm³/mol. The van der Waals surface area contributed by atoms with E-state index in [1.807, 2.05) is 24.3 Å². The Bertz CT molecular complexity index is 4260. The van der Waals surface area contributed by atoms with E-state index in [-0.39, 0.29) is 0 Å². The van der Waals surface area contributed by atoms with Crippen molar-refractivity contribution in [1.29, 1.82) is 0 Å². The topological polar surface area (TPSA) is 48.8 Å². The van der Waals surface area contributed by atoms with Crippen LogP contribution in [0, 0.1) is 0 Å². The zero-order chi connectivity index (χ0) is 44.0. The molecule has 0 aliphatic heterocycles. The lowest BCUT2D eigenvalue weighted by Gasteiger charge is -2.13. The van der Waals surface area contributed by atoms with E-state index in [1.165, 1.54) is 38.1 Å². The van der Waals surface area contributed by atoms with E-state index >= 15 is 0 Å². The van der Waals surface area contributed by atoms with E-state index in [0.717, 1.165) is 88.8 Å². The molecule has 0 N–H and O–H groups in total. The van der Waals surface area contributed by atoms with Gasteiger partial charge in [0.15, 0.2) is 5.82 Å². The highest BCUT2D eigenvalue weighted by Crippen LogP contribution is 2.43. The number of fused-ring (bicyclic) bond motifs is 10. The fourth-order valence-corrected chi connectivity index (χ4v) is 10.5. The molecule has 14 rings (SSSR count). The smallest absolute Gasteiger partial charge is 0.160 e. The third kappa shape index (κ3) is 5.88. The van der Waals surface area contributed by atoms with Gasteiger partial charge in [-0.05, 0) is 107 Å². The molecule has 5 heteroatoms. The van der Waals surface area contributed by atoms with Gasteiger partial charge in [0.1, 0.15) is 11.2 Å². The second kappa shape index (κ2) is 14.7. The van der Waals surface area contributed by atoms with Crippen molar-refractivity contribution in [2.45, 2.75) is 0 Å². The number of aromatic nitrogens is 4. The first-order valence-corrected chi connectivity index (χ1v) is 22.7. The molecule has 0 amide bonds. The zero-order valence-electron chi connectivity index (χ0n) is 36.1. The number of benzene rings is 10. The quantitative estimate of drug-likeness (QED) is 0.167. The summed E-state index contributed by atoms with van der Waals surface area (Å²) in [5.41, 5.74) is 17.0. The molecule has 312 valence electrons. The van der Waals surface area contributed by atoms with Crippen LogP contribution in [0.1, 0.15) is 0 Å². The minimum atomic E-state index is 0.714. The van der Waals surface area contributed by atoms with Crippen LogP contribution in [-0.4, -0.2) is 19.1 Å². The first kappa shape index (κ1) is 37.3. The van der Waals surface area contributed by atoms with Crippen LogP contribution in [0.2, 0.25) is 0 Å². The molecule has 0 bridgehead atoms. The molecular formula is C62H38N4O. The third-order valence-corrected chi connectivity index (χ3v) is 13.5. The fraction of sp³-hybridized carbons (Fsp3) is 0.